The molecule has 1 aromatic heterocycles. The van der Waals surface area contributed by atoms with Gasteiger partial charge >= 0.3 is 5.97 Å². The van der Waals surface area contributed by atoms with Crippen molar-refractivity contribution in [1.82, 2.24) is 0 Å². The molecule has 0 aliphatic rings. The molecule has 0 atom stereocenters. The van der Waals surface area contributed by atoms with Crippen molar-refractivity contribution in [2.24, 2.45) is 0 Å². The number of benzene rings is 3. The van der Waals surface area contributed by atoms with E-state index in [1.807, 2.05) is 63.2 Å². The van der Waals surface area contributed by atoms with E-state index in [9.17, 15) is 4.79 Å². The van der Waals surface area contributed by atoms with E-state index in [0.717, 1.165) is 43.3 Å². The fourth-order valence-corrected chi connectivity index (χ4v) is 4.96. The largest absolute Gasteiger partial charge is 0.497 e. The number of fused-ring (bicyclic) bond motifs is 1. The van der Waals surface area contributed by atoms with Crippen molar-refractivity contribution in [3.05, 3.63) is 83.4 Å². The quantitative estimate of drug-likeness (QED) is 0.203. The number of methoxy groups -OCH3 is 1. The number of carbonyl (C=O) groups excluding carboxylic acids is 1. The fraction of sp³-hybridized carbons (Fsp3) is 0.233. The van der Waals surface area contributed by atoms with Gasteiger partial charge in [-0.25, -0.2) is 4.79 Å². The van der Waals surface area contributed by atoms with Crippen molar-refractivity contribution < 1.29 is 19.0 Å². The minimum Gasteiger partial charge on any atom is -0.497 e. The Morgan fingerprint density at radius 3 is 2.34 bits per heavy atom. The van der Waals surface area contributed by atoms with Crippen LogP contribution in [0.15, 0.2) is 66.7 Å². The van der Waals surface area contributed by atoms with Gasteiger partial charge in [0.25, 0.3) is 0 Å². The van der Waals surface area contributed by atoms with Crippen LogP contribution in [0, 0.1) is 13.8 Å². The highest BCUT2D eigenvalue weighted by molar-refractivity contribution is 7.22. The molecule has 5 heteroatoms. The number of thiophene rings is 1. The van der Waals surface area contributed by atoms with Gasteiger partial charge in [-0.1, -0.05) is 30.3 Å². The molecule has 4 aromatic rings. The maximum absolute atomic E-state index is 12.0. The first-order chi connectivity index (χ1) is 16.6. The lowest BCUT2D eigenvalue weighted by Crippen LogP contribution is -2.22. The Balaban J connectivity index is 1.67. The molecule has 0 fully saturated rings. The maximum atomic E-state index is 12.0. The molecule has 0 unspecified atom stereocenters. The molecule has 0 aliphatic heterocycles. The van der Waals surface area contributed by atoms with Crippen LogP contribution in [0.2, 0.25) is 0 Å². The summed E-state index contributed by atoms with van der Waals surface area (Å²) >= 11 is 1.70. The van der Waals surface area contributed by atoms with Crippen LogP contribution in [0.25, 0.3) is 26.6 Å². The van der Waals surface area contributed by atoms with Crippen LogP contribution < -0.4 is 9.47 Å². The SMILES string of the molecule is COc1ccc2c(Oc3ccc(C=CC(=O)OC(C)(C)C)cc3)c(-c3cccc(C)c3C)sc2c1. The normalized spacial score (nSPS) is 11.7. The average Bonchev–Trinajstić information content (AvgIpc) is 3.16. The van der Waals surface area contributed by atoms with Gasteiger partial charge in [0, 0.05) is 16.2 Å². The minimum atomic E-state index is -0.514. The lowest BCUT2D eigenvalue weighted by Gasteiger charge is -2.17. The summed E-state index contributed by atoms with van der Waals surface area (Å²) in [6.07, 6.45) is 3.19. The number of hydrogen-bond acceptors (Lipinski definition) is 5. The van der Waals surface area contributed by atoms with Crippen LogP contribution in [0.3, 0.4) is 0 Å². The standard InChI is InChI=1S/C30H30O4S/c1-19-8-7-9-24(20(19)2)29-28(25-16-15-23(32-6)18-26(25)35-29)33-22-13-10-21(11-14-22)12-17-27(31)34-30(3,4)5/h7-18H,1-6H3. The second kappa shape index (κ2) is 9.96. The van der Waals surface area contributed by atoms with E-state index in [0.29, 0.717) is 0 Å². The van der Waals surface area contributed by atoms with Crippen LogP contribution >= 0.6 is 11.3 Å². The lowest BCUT2D eigenvalue weighted by atomic mass is 10.0. The molecule has 35 heavy (non-hydrogen) atoms. The van der Waals surface area contributed by atoms with E-state index in [-0.39, 0.29) is 5.97 Å². The minimum absolute atomic E-state index is 0.365. The molecule has 0 spiro atoms. The predicted molar refractivity (Wildman–Crippen MR) is 145 cm³/mol. The smallest absolute Gasteiger partial charge is 0.331 e. The highest BCUT2D eigenvalue weighted by Crippen LogP contribution is 2.48. The Bertz CT molecular complexity index is 1390. The summed E-state index contributed by atoms with van der Waals surface area (Å²) in [5.74, 6) is 2.01. The molecule has 0 saturated heterocycles. The third kappa shape index (κ3) is 5.75. The van der Waals surface area contributed by atoms with Crippen LogP contribution in [0.4, 0.5) is 0 Å². The van der Waals surface area contributed by atoms with Gasteiger partial charge in [0.15, 0.2) is 5.75 Å². The predicted octanol–water partition coefficient (Wildman–Crippen LogP) is 8.34. The molecular weight excluding hydrogens is 456 g/mol. The van der Waals surface area contributed by atoms with E-state index in [1.54, 1.807) is 24.5 Å². The zero-order chi connectivity index (χ0) is 25.2. The molecule has 0 amide bonds. The van der Waals surface area contributed by atoms with Gasteiger partial charge in [-0.05, 0) is 93.3 Å². The van der Waals surface area contributed by atoms with Crippen molar-refractivity contribution in [3.8, 4) is 27.7 Å². The van der Waals surface area contributed by atoms with Crippen LogP contribution in [-0.4, -0.2) is 18.7 Å². The van der Waals surface area contributed by atoms with E-state index >= 15 is 0 Å². The van der Waals surface area contributed by atoms with Crippen LogP contribution in [-0.2, 0) is 9.53 Å². The summed E-state index contributed by atoms with van der Waals surface area (Å²) < 4.78 is 18.4. The Labute approximate surface area is 210 Å². The molecular formula is C30H30O4S. The molecule has 0 bridgehead atoms. The van der Waals surface area contributed by atoms with Gasteiger partial charge < -0.3 is 14.2 Å². The fourth-order valence-electron chi connectivity index (χ4n) is 3.72. The summed E-state index contributed by atoms with van der Waals surface area (Å²) in [5, 5.41) is 1.04. The van der Waals surface area contributed by atoms with Crippen molar-refractivity contribution in [1.29, 1.82) is 0 Å². The van der Waals surface area contributed by atoms with Gasteiger partial charge in [-0.15, -0.1) is 11.3 Å². The summed E-state index contributed by atoms with van der Waals surface area (Å²) in [7, 11) is 1.68. The summed E-state index contributed by atoms with van der Waals surface area (Å²) in [4.78, 5) is 13.0. The Morgan fingerprint density at radius 1 is 0.943 bits per heavy atom. The van der Waals surface area contributed by atoms with Gasteiger partial charge in [0.1, 0.15) is 17.1 Å². The zero-order valence-corrected chi connectivity index (χ0v) is 21.8. The molecule has 0 radical (unpaired) electrons. The second-order valence-electron chi connectivity index (χ2n) is 9.41. The maximum Gasteiger partial charge on any atom is 0.331 e. The summed E-state index contributed by atoms with van der Waals surface area (Å²) in [5.41, 5.74) is 4.01. The van der Waals surface area contributed by atoms with Crippen molar-refractivity contribution in [2.75, 3.05) is 7.11 Å². The van der Waals surface area contributed by atoms with Crippen LogP contribution in [0.5, 0.6) is 17.2 Å². The lowest BCUT2D eigenvalue weighted by molar-refractivity contribution is -0.148. The number of rotatable bonds is 6. The molecule has 4 rings (SSSR count). The first kappa shape index (κ1) is 24.6. The van der Waals surface area contributed by atoms with Gasteiger partial charge in [-0.3, -0.25) is 0 Å². The highest BCUT2D eigenvalue weighted by atomic mass is 32.1. The number of esters is 1. The summed E-state index contributed by atoms with van der Waals surface area (Å²) in [6, 6.07) is 20.1. The van der Waals surface area contributed by atoms with Crippen molar-refractivity contribution in [3.63, 3.8) is 0 Å². The molecule has 0 N–H and O–H groups in total. The van der Waals surface area contributed by atoms with Crippen LogP contribution in [0.1, 0.15) is 37.5 Å². The van der Waals surface area contributed by atoms with Gasteiger partial charge in [0.2, 0.25) is 0 Å². The van der Waals surface area contributed by atoms with Gasteiger partial charge in [0.05, 0.1) is 12.0 Å². The number of aryl methyl sites for hydroxylation is 1. The van der Waals surface area contributed by atoms with E-state index in [4.69, 9.17) is 14.2 Å². The first-order valence-electron chi connectivity index (χ1n) is 11.5. The van der Waals surface area contributed by atoms with E-state index in [2.05, 4.69) is 32.0 Å². The van der Waals surface area contributed by atoms with E-state index < -0.39 is 5.60 Å². The zero-order valence-electron chi connectivity index (χ0n) is 21.0. The second-order valence-corrected chi connectivity index (χ2v) is 10.5. The molecule has 1 heterocycles. The Hall–Kier alpha value is -3.57. The number of carbonyl (C=O) groups is 1. The van der Waals surface area contributed by atoms with E-state index in [1.165, 1.54) is 17.2 Å². The highest BCUT2D eigenvalue weighted by Gasteiger charge is 2.19. The monoisotopic (exact) mass is 486 g/mol. The third-order valence-corrected chi connectivity index (χ3v) is 6.79. The topological polar surface area (TPSA) is 44.8 Å². The number of ether oxygens (including phenoxy) is 3. The Kier molecular flexibility index (Phi) is 6.99. The van der Waals surface area contributed by atoms with Crippen molar-refractivity contribution >= 4 is 33.5 Å². The first-order valence-corrected chi connectivity index (χ1v) is 12.3. The Morgan fingerprint density at radius 2 is 1.66 bits per heavy atom. The van der Waals surface area contributed by atoms with Crippen molar-refractivity contribution in [2.45, 2.75) is 40.2 Å². The summed E-state index contributed by atoms with van der Waals surface area (Å²) in [6.45, 7) is 9.81. The third-order valence-electron chi connectivity index (χ3n) is 5.62. The molecule has 3 aromatic carbocycles. The molecule has 0 aliphatic carbocycles. The molecule has 180 valence electrons. The average molecular weight is 487 g/mol. The molecule has 4 nitrogen and oxygen atoms in total. The van der Waals surface area contributed by atoms with Gasteiger partial charge in [-0.2, -0.15) is 0 Å². The molecule has 0 saturated carbocycles. The number of hydrogen-bond donors (Lipinski definition) is 0.